The molecule has 0 aliphatic heterocycles. The van der Waals surface area contributed by atoms with Crippen molar-refractivity contribution in [2.75, 3.05) is 21.3 Å². The van der Waals surface area contributed by atoms with Gasteiger partial charge in [0, 0.05) is 12.3 Å². The van der Waals surface area contributed by atoms with Gasteiger partial charge in [-0.1, -0.05) is 0 Å². The number of aromatic amines is 1. The summed E-state index contributed by atoms with van der Waals surface area (Å²) in [7, 11) is 4.80. The molecule has 0 spiro atoms. The molecule has 0 radical (unpaired) electrons. The number of methoxy groups -OCH3 is 3. The first kappa shape index (κ1) is 11.6. The van der Waals surface area contributed by atoms with Crippen LogP contribution in [0.3, 0.4) is 0 Å². The molecule has 0 bridgehead atoms. The smallest absolute Gasteiger partial charge is 0.204 e. The molecular weight excluding hydrogens is 244 g/mol. The Morgan fingerprint density at radius 2 is 1.79 bits per heavy atom. The standard InChI is InChI=1S/C14H14N2O3/c1-17-10-7-9-11(14(19-3)13(10)18-2)12-8(16-9)5-4-6-15-12/h4-7,16H,1-3H3. The lowest BCUT2D eigenvalue weighted by molar-refractivity contribution is 0.327. The van der Waals surface area contributed by atoms with Gasteiger partial charge >= 0.3 is 0 Å². The van der Waals surface area contributed by atoms with Gasteiger partial charge in [-0.2, -0.15) is 0 Å². The Balaban J connectivity index is 2.51. The SMILES string of the molecule is COc1cc2[nH]c3cccnc3c2c(OC)c1OC. The normalized spacial score (nSPS) is 10.9. The molecule has 0 atom stereocenters. The van der Waals surface area contributed by atoms with Crippen LogP contribution in [0.25, 0.3) is 21.9 Å². The van der Waals surface area contributed by atoms with Crippen LogP contribution < -0.4 is 14.2 Å². The number of hydrogen-bond donors (Lipinski definition) is 1. The number of ether oxygens (including phenoxy) is 3. The minimum Gasteiger partial charge on any atom is -0.493 e. The highest BCUT2D eigenvalue weighted by atomic mass is 16.5. The molecule has 0 fully saturated rings. The molecule has 19 heavy (non-hydrogen) atoms. The number of nitrogens with zero attached hydrogens (tertiary/aromatic N) is 1. The Morgan fingerprint density at radius 3 is 2.47 bits per heavy atom. The van der Waals surface area contributed by atoms with Crippen LogP contribution >= 0.6 is 0 Å². The summed E-state index contributed by atoms with van der Waals surface area (Å²) in [5.74, 6) is 1.82. The van der Waals surface area contributed by atoms with E-state index in [9.17, 15) is 0 Å². The molecule has 1 N–H and O–H groups in total. The van der Waals surface area contributed by atoms with E-state index in [1.165, 1.54) is 0 Å². The second-order valence-electron chi connectivity index (χ2n) is 4.09. The quantitative estimate of drug-likeness (QED) is 0.784. The Kier molecular flexibility index (Phi) is 2.67. The van der Waals surface area contributed by atoms with Crippen molar-refractivity contribution in [2.24, 2.45) is 0 Å². The molecule has 3 rings (SSSR count). The topological polar surface area (TPSA) is 56.4 Å². The highest BCUT2D eigenvalue weighted by Gasteiger charge is 2.19. The fourth-order valence-electron chi connectivity index (χ4n) is 2.34. The highest BCUT2D eigenvalue weighted by Crippen LogP contribution is 2.45. The van der Waals surface area contributed by atoms with E-state index in [-0.39, 0.29) is 0 Å². The molecule has 0 amide bonds. The Bertz CT molecular complexity index is 749. The zero-order chi connectivity index (χ0) is 13.4. The number of benzene rings is 1. The van der Waals surface area contributed by atoms with Gasteiger partial charge in [0.05, 0.1) is 43.3 Å². The number of nitrogens with one attached hydrogen (secondary N) is 1. The molecule has 0 saturated heterocycles. The van der Waals surface area contributed by atoms with E-state index in [1.807, 2.05) is 18.2 Å². The van der Waals surface area contributed by atoms with Crippen LogP contribution in [0.15, 0.2) is 24.4 Å². The van der Waals surface area contributed by atoms with Crippen molar-refractivity contribution in [3.05, 3.63) is 24.4 Å². The van der Waals surface area contributed by atoms with E-state index in [0.717, 1.165) is 21.9 Å². The minimum absolute atomic E-state index is 0.573. The van der Waals surface area contributed by atoms with Crippen molar-refractivity contribution < 1.29 is 14.2 Å². The first-order chi connectivity index (χ1) is 9.30. The predicted molar refractivity (Wildman–Crippen MR) is 73.3 cm³/mol. The first-order valence-electron chi connectivity index (χ1n) is 5.85. The lowest BCUT2D eigenvalue weighted by Crippen LogP contribution is -1.95. The van der Waals surface area contributed by atoms with Gasteiger partial charge in [0.1, 0.15) is 0 Å². The van der Waals surface area contributed by atoms with Crippen LogP contribution in [0.1, 0.15) is 0 Å². The summed E-state index contributed by atoms with van der Waals surface area (Å²) in [4.78, 5) is 7.70. The summed E-state index contributed by atoms with van der Waals surface area (Å²) in [6.45, 7) is 0. The van der Waals surface area contributed by atoms with Crippen molar-refractivity contribution in [2.45, 2.75) is 0 Å². The van der Waals surface area contributed by atoms with E-state index >= 15 is 0 Å². The van der Waals surface area contributed by atoms with E-state index in [2.05, 4.69) is 9.97 Å². The van der Waals surface area contributed by atoms with Gasteiger partial charge in [-0.25, -0.2) is 0 Å². The van der Waals surface area contributed by atoms with Gasteiger partial charge in [-0.15, -0.1) is 0 Å². The summed E-state index contributed by atoms with van der Waals surface area (Å²) >= 11 is 0. The molecule has 98 valence electrons. The largest absolute Gasteiger partial charge is 0.493 e. The molecule has 0 aliphatic rings. The van der Waals surface area contributed by atoms with E-state index in [0.29, 0.717) is 17.2 Å². The van der Waals surface area contributed by atoms with Crippen LogP contribution in [0, 0.1) is 0 Å². The molecule has 2 heterocycles. The molecule has 3 aromatic rings. The monoisotopic (exact) mass is 258 g/mol. The van der Waals surface area contributed by atoms with Crippen LogP contribution in [-0.2, 0) is 0 Å². The number of pyridine rings is 1. The third-order valence-electron chi connectivity index (χ3n) is 3.14. The maximum absolute atomic E-state index is 5.49. The number of aromatic nitrogens is 2. The zero-order valence-electron chi connectivity index (χ0n) is 11.0. The number of H-pyrrole nitrogens is 1. The molecule has 5 nitrogen and oxygen atoms in total. The van der Waals surface area contributed by atoms with Gasteiger partial charge in [0.25, 0.3) is 0 Å². The zero-order valence-corrected chi connectivity index (χ0v) is 11.0. The van der Waals surface area contributed by atoms with Gasteiger partial charge in [-0.05, 0) is 12.1 Å². The fourth-order valence-corrected chi connectivity index (χ4v) is 2.34. The summed E-state index contributed by atoms with van der Waals surface area (Å²) < 4.78 is 16.2. The first-order valence-corrected chi connectivity index (χ1v) is 5.85. The Labute approximate surface area is 110 Å². The lowest BCUT2D eigenvalue weighted by Gasteiger charge is -2.12. The second-order valence-corrected chi connectivity index (χ2v) is 4.09. The van der Waals surface area contributed by atoms with Gasteiger partial charge in [0.15, 0.2) is 11.5 Å². The number of fused-ring (bicyclic) bond motifs is 3. The lowest BCUT2D eigenvalue weighted by atomic mass is 10.2. The van der Waals surface area contributed by atoms with Crippen molar-refractivity contribution in [1.82, 2.24) is 9.97 Å². The molecule has 0 saturated carbocycles. The van der Waals surface area contributed by atoms with E-state index in [1.54, 1.807) is 27.5 Å². The summed E-state index contributed by atoms with van der Waals surface area (Å²) in [5.41, 5.74) is 2.71. The fraction of sp³-hybridized carbons (Fsp3) is 0.214. The molecular formula is C14H14N2O3. The summed E-state index contributed by atoms with van der Waals surface area (Å²) in [6.07, 6.45) is 1.76. The average molecular weight is 258 g/mol. The maximum Gasteiger partial charge on any atom is 0.204 e. The highest BCUT2D eigenvalue weighted by molar-refractivity contribution is 6.10. The van der Waals surface area contributed by atoms with Gasteiger partial charge < -0.3 is 19.2 Å². The molecule has 0 aliphatic carbocycles. The third-order valence-corrected chi connectivity index (χ3v) is 3.14. The van der Waals surface area contributed by atoms with Crippen molar-refractivity contribution in [3.63, 3.8) is 0 Å². The van der Waals surface area contributed by atoms with Crippen LogP contribution in [0.5, 0.6) is 17.2 Å². The molecule has 0 unspecified atom stereocenters. The Hall–Kier alpha value is -2.43. The van der Waals surface area contributed by atoms with Crippen LogP contribution in [-0.4, -0.2) is 31.3 Å². The average Bonchev–Trinajstić information content (AvgIpc) is 2.83. The molecule has 2 aromatic heterocycles. The number of rotatable bonds is 3. The predicted octanol–water partition coefficient (Wildman–Crippen LogP) is 2.74. The molecule has 1 aromatic carbocycles. The van der Waals surface area contributed by atoms with E-state index < -0.39 is 0 Å². The number of hydrogen-bond acceptors (Lipinski definition) is 4. The van der Waals surface area contributed by atoms with Crippen molar-refractivity contribution in [1.29, 1.82) is 0 Å². The van der Waals surface area contributed by atoms with E-state index in [4.69, 9.17) is 14.2 Å². The summed E-state index contributed by atoms with van der Waals surface area (Å²) in [5, 5.41) is 0.899. The van der Waals surface area contributed by atoms with Gasteiger partial charge in [0.2, 0.25) is 5.75 Å². The minimum atomic E-state index is 0.573. The van der Waals surface area contributed by atoms with Crippen LogP contribution in [0.2, 0.25) is 0 Å². The third kappa shape index (κ3) is 1.58. The van der Waals surface area contributed by atoms with Gasteiger partial charge in [-0.3, -0.25) is 4.98 Å². The summed E-state index contributed by atoms with van der Waals surface area (Å²) in [6, 6.07) is 5.75. The van der Waals surface area contributed by atoms with Crippen LogP contribution in [0.4, 0.5) is 0 Å². The molecule has 5 heteroatoms. The van der Waals surface area contributed by atoms with Crippen molar-refractivity contribution in [3.8, 4) is 17.2 Å². The van der Waals surface area contributed by atoms with Crippen molar-refractivity contribution >= 4 is 21.9 Å². The second kappa shape index (κ2) is 4.35. The Morgan fingerprint density at radius 1 is 1.00 bits per heavy atom. The maximum atomic E-state index is 5.49.